The van der Waals surface area contributed by atoms with E-state index >= 15 is 0 Å². The lowest BCUT2D eigenvalue weighted by Crippen LogP contribution is -2.61. The van der Waals surface area contributed by atoms with Crippen molar-refractivity contribution in [1.82, 2.24) is 0 Å². The molecule has 4 rings (SSSR count). The Balaban J connectivity index is 1.91. The van der Waals surface area contributed by atoms with E-state index in [0.29, 0.717) is 5.57 Å². The summed E-state index contributed by atoms with van der Waals surface area (Å²) in [5.41, 5.74) is -3.92. The van der Waals surface area contributed by atoms with E-state index in [1.54, 1.807) is 0 Å². The monoisotopic (exact) mass is 478 g/mol. The van der Waals surface area contributed by atoms with Gasteiger partial charge in [-0.25, -0.2) is 0 Å². The van der Waals surface area contributed by atoms with Crippen LogP contribution in [0.5, 0.6) is 0 Å². The highest BCUT2D eigenvalue weighted by Crippen LogP contribution is 2.78. The van der Waals surface area contributed by atoms with Gasteiger partial charge in [-0.3, -0.25) is 19.2 Å². The fraction of sp³-hybridized carbons (Fsp3) is 0.760. The minimum Gasteiger partial charge on any atom is -0.481 e. The first-order chi connectivity index (χ1) is 15.7. The Morgan fingerprint density at radius 3 is 2.32 bits per heavy atom. The van der Waals surface area contributed by atoms with Crippen LogP contribution in [-0.4, -0.2) is 56.5 Å². The maximum atomic E-state index is 13.0. The molecule has 0 radical (unpaired) electrons. The molecule has 9 heteroatoms. The van der Waals surface area contributed by atoms with E-state index in [1.165, 1.54) is 6.92 Å². The number of esters is 1. The van der Waals surface area contributed by atoms with Gasteiger partial charge < -0.3 is 25.2 Å². The maximum absolute atomic E-state index is 13.0. The third-order valence-electron chi connectivity index (χ3n) is 9.55. The molecule has 4 fully saturated rings. The molecule has 0 aromatic rings. The van der Waals surface area contributed by atoms with Crippen molar-refractivity contribution < 1.29 is 44.3 Å². The van der Waals surface area contributed by atoms with Crippen molar-refractivity contribution >= 4 is 23.9 Å². The summed E-state index contributed by atoms with van der Waals surface area (Å²) in [6, 6.07) is 0. The summed E-state index contributed by atoms with van der Waals surface area (Å²) < 4.78 is 5.64. The summed E-state index contributed by atoms with van der Waals surface area (Å²) in [6.07, 6.45) is -1.35. The lowest BCUT2D eigenvalue weighted by molar-refractivity contribution is -0.200. The summed E-state index contributed by atoms with van der Waals surface area (Å²) in [5, 5.41) is 42.4. The van der Waals surface area contributed by atoms with Crippen molar-refractivity contribution in [2.75, 3.05) is 0 Å². The van der Waals surface area contributed by atoms with Crippen LogP contribution < -0.4 is 0 Å². The van der Waals surface area contributed by atoms with Crippen LogP contribution >= 0.6 is 0 Å². The lowest BCUT2D eigenvalue weighted by Gasteiger charge is -2.52. The molecule has 4 N–H and O–H groups in total. The molecule has 1 spiro atoms. The van der Waals surface area contributed by atoms with Crippen LogP contribution in [0.15, 0.2) is 12.2 Å². The fourth-order valence-electron chi connectivity index (χ4n) is 8.37. The van der Waals surface area contributed by atoms with Crippen molar-refractivity contribution in [3.05, 3.63) is 12.2 Å². The highest BCUT2D eigenvalue weighted by atomic mass is 16.5. The number of rotatable bonds is 6. The third kappa shape index (κ3) is 3.01. The average Bonchev–Trinajstić information content (AvgIpc) is 3.14. The Morgan fingerprint density at radius 2 is 1.79 bits per heavy atom. The van der Waals surface area contributed by atoms with Gasteiger partial charge in [0.15, 0.2) is 0 Å². The number of carboxylic acid groups (broad SMARTS) is 3. The zero-order chi connectivity index (χ0) is 25.4. The number of hydrogen-bond acceptors (Lipinski definition) is 6. The quantitative estimate of drug-likeness (QED) is 0.332. The normalized spacial score (nSPS) is 44.9. The first kappa shape index (κ1) is 24.7. The number of hydrogen-bond donors (Lipinski definition) is 4. The molecule has 9 unspecified atom stereocenters. The maximum Gasteiger partial charge on any atom is 0.313 e. The molecule has 9 atom stereocenters. The van der Waals surface area contributed by atoms with Gasteiger partial charge in [0.25, 0.3) is 0 Å². The van der Waals surface area contributed by atoms with E-state index in [1.807, 2.05) is 13.8 Å². The molecule has 0 aromatic heterocycles. The number of carboxylic acids is 3. The Labute approximate surface area is 198 Å². The van der Waals surface area contributed by atoms with Gasteiger partial charge in [0.2, 0.25) is 0 Å². The number of aliphatic carboxylic acids is 3. The molecule has 0 aliphatic heterocycles. The average molecular weight is 479 g/mol. The predicted octanol–water partition coefficient (Wildman–Crippen LogP) is 2.56. The zero-order valence-corrected chi connectivity index (χ0v) is 19.8. The molecular formula is C25H34O9. The molecular weight excluding hydrogens is 444 g/mol. The van der Waals surface area contributed by atoms with Crippen LogP contribution in [0.2, 0.25) is 0 Å². The highest BCUT2D eigenvalue weighted by Gasteiger charge is 2.81. The van der Waals surface area contributed by atoms with E-state index in [2.05, 4.69) is 6.58 Å². The second-order valence-electron chi connectivity index (χ2n) is 11.6. The van der Waals surface area contributed by atoms with Crippen LogP contribution in [0.4, 0.5) is 0 Å². The SMILES string of the molecule is C=C1CC23CC1C(O)CC2C1(C(=O)O)CCC(OC(=O)CC(C)C)C(C)(C(=O)O)C1C3C(=O)O. The van der Waals surface area contributed by atoms with Gasteiger partial charge in [-0.05, 0) is 56.3 Å². The van der Waals surface area contributed by atoms with Crippen molar-refractivity contribution in [2.45, 2.75) is 71.5 Å². The summed E-state index contributed by atoms with van der Waals surface area (Å²) >= 11 is 0. The Hall–Kier alpha value is -2.42. The van der Waals surface area contributed by atoms with Crippen molar-refractivity contribution in [3.63, 3.8) is 0 Å². The Morgan fingerprint density at radius 1 is 1.15 bits per heavy atom. The van der Waals surface area contributed by atoms with Crippen molar-refractivity contribution in [1.29, 1.82) is 0 Å². The van der Waals surface area contributed by atoms with Gasteiger partial charge >= 0.3 is 23.9 Å². The van der Waals surface area contributed by atoms with E-state index < -0.39 is 70.1 Å². The molecule has 188 valence electrons. The van der Waals surface area contributed by atoms with E-state index in [-0.39, 0.29) is 50.4 Å². The standard InChI is InChI=1S/C25H34O9/c1-11(2)7-17(27)34-16-5-6-25(22(32)33)15-8-14(26)13-10-24(15,9-12(13)3)18(20(28)29)19(25)23(16,4)21(30)31/h11,13-16,18-19,26H,3,5-10H2,1-2,4H3,(H,28,29)(H,30,31)(H,32,33). The van der Waals surface area contributed by atoms with Crippen LogP contribution in [0.1, 0.15) is 59.3 Å². The molecule has 0 amide bonds. The summed E-state index contributed by atoms with van der Waals surface area (Å²) in [5.74, 6) is -8.12. The second kappa shape index (κ2) is 7.80. The van der Waals surface area contributed by atoms with Crippen LogP contribution in [0.25, 0.3) is 0 Å². The summed E-state index contributed by atoms with van der Waals surface area (Å²) in [7, 11) is 0. The third-order valence-corrected chi connectivity index (χ3v) is 9.55. The van der Waals surface area contributed by atoms with Gasteiger partial charge in [0, 0.05) is 18.3 Å². The van der Waals surface area contributed by atoms with Crippen LogP contribution in [0.3, 0.4) is 0 Å². The Bertz CT molecular complexity index is 956. The number of aliphatic hydroxyl groups is 1. The second-order valence-corrected chi connectivity index (χ2v) is 11.6. The van der Waals surface area contributed by atoms with Crippen LogP contribution in [-0.2, 0) is 23.9 Å². The minimum absolute atomic E-state index is 0.00513. The molecule has 4 aliphatic rings. The predicted molar refractivity (Wildman–Crippen MR) is 117 cm³/mol. The topological polar surface area (TPSA) is 158 Å². The van der Waals surface area contributed by atoms with Gasteiger partial charge in [0.05, 0.1) is 17.4 Å². The van der Waals surface area contributed by atoms with E-state index in [9.17, 15) is 39.6 Å². The number of fused-ring (bicyclic) bond motifs is 3. The minimum atomic E-state index is -1.93. The van der Waals surface area contributed by atoms with Gasteiger partial charge in [0.1, 0.15) is 11.5 Å². The van der Waals surface area contributed by atoms with Gasteiger partial charge in [-0.1, -0.05) is 26.0 Å². The van der Waals surface area contributed by atoms with E-state index in [0.717, 1.165) is 0 Å². The van der Waals surface area contributed by atoms with Crippen molar-refractivity contribution in [3.8, 4) is 0 Å². The molecule has 0 saturated heterocycles. The van der Waals surface area contributed by atoms with Gasteiger partial charge in [-0.2, -0.15) is 0 Å². The first-order valence-electron chi connectivity index (χ1n) is 12.0. The van der Waals surface area contributed by atoms with Crippen molar-refractivity contribution in [2.24, 2.45) is 45.8 Å². The molecule has 4 aliphatic carbocycles. The zero-order valence-electron chi connectivity index (χ0n) is 19.8. The highest BCUT2D eigenvalue weighted by molar-refractivity contribution is 5.86. The molecule has 9 nitrogen and oxygen atoms in total. The van der Waals surface area contributed by atoms with E-state index in [4.69, 9.17) is 4.74 Å². The summed E-state index contributed by atoms with van der Waals surface area (Å²) in [6.45, 7) is 9.03. The molecule has 2 bridgehead atoms. The number of aliphatic hydroxyl groups excluding tert-OH is 1. The largest absolute Gasteiger partial charge is 0.481 e. The number of ether oxygens (including phenoxy) is 1. The fourth-order valence-corrected chi connectivity index (χ4v) is 8.37. The smallest absolute Gasteiger partial charge is 0.313 e. The number of carbonyl (C=O) groups is 4. The first-order valence-corrected chi connectivity index (χ1v) is 12.0. The Kier molecular flexibility index (Phi) is 5.66. The lowest BCUT2D eigenvalue weighted by atomic mass is 9.51. The summed E-state index contributed by atoms with van der Waals surface area (Å²) in [4.78, 5) is 51.3. The molecule has 4 saturated carbocycles. The number of carbonyl (C=O) groups excluding carboxylic acids is 1. The van der Waals surface area contributed by atoms with Gasteiger partial charge in [-0.15, -0.1) is 0 Å². The molecule has 0 heterocycles. The van der Waals surface area contributed by atoms with Crippen LogP contribution in [0, 0.1) is 45.8 Å². The molecule has 34 heavy (non-hydrogen) atoms. The molecule has 0 aromatic carbocycles.